The van der Waals surface area contributed by atoms with E-state index in [4.69, 9.17) is 0 Å². The molecule has 0 amide bonds. The van der Waals surface area contributed by atoms with Gasteiger partial charge in [0.1, 0.15) is 0 Å². The first-order chi connectivity index (χ1) is 8.21. The Morgan fingerprint density at radius 2 is 2.12 bits per heavy atom. The molecule has 3 atom stereocenters. The van der Waals surface area contributed by atoms with Crippen molar-refractivity contribution < 1.29 is 5.11 Å². The first-order valence-corrected chi connectivity index (χ1v) is 7.26. The molecule has 0 radical (unpaired) electrons. The number of nitrogens with one attached hydrogen (secondary N) is 1. The summed E-state index contributed by atoms with van der Waals surface area (Å²) >= 11 is 0. The van der Waals surface area contributed by atoms with Crippen molar-refractivity contribution in [3.8, 4) is 0 Å². The van der Waals surface area contributed by atoms with E-state index in [0.29, 0.717) is 6.04 Å². The standard InChI is InChI=1S/C14H28N2O/c1-12-6-4-3-5-9-16(12)13-7-8-14(10-13,11-17)15-2/h12-13,15,17H,3-11H2,1-2H3. The molecule has 1 saturated carbocycles. The van der Waals surface area contributed by atoms with Crippen molar-refractivity contribution in [3.05, 3.63) is 0 Å². The second-order valence-corrected chi connectivity index (χ2v) is 6.02. The van der Waals surface area contributed by atoms with Gasteiger partial charge in [0, 0.05) is 17.6 Å². The molecular weight excluding hydrogens is 212 g/mol. The van der Waals surface area contributed by atoms with Crippen molar-refractivity contribution >= 4 is 0 Å². The van der Waals surface area contributed by atoms with Crippen molar-refractivity contribution in [1.29, 1.82) is 0 Å². The van der Waals surface area contributed by atoms with Gasteiger partial charge in [0.2, 0.25) is 0 Å². The first kappa shape index (κ1) is 13.3. The highest BCUT2D eigenvalue weighted by atomic mass is 16.3. The molecular formula is C14H28N2O. The van der Waals surface area contributed by atoms with Gasteiger partial charge < -0.3 is 10.4 Å². The maximum atomic E-state index is 9.57. The van der Waals surface area contributed by atoms with Crippen LogP contribution in [0.3, 0.4) is 0 Å². The van der Waals surface area contributed by atoms with Crippen LogP contribution in [0.1, 0.15) is 51.9 Å². The third kappa shape index (κ3) is 2.83. The molecule has 0 aromatic rings. The predicted molar refractivity (Wildman–Crippen MR) is 71.2 cm³/mol. The number of nitrogens with zero attached hydrogens (tertiary/aromatic N) is 1. The van der Waals surface area contributed by atoms with E-state index in [1.54, 1.807) is 0 Å². The molecule has 3 heteroatoms. The molecule has 0 bridgehead atoms. The molecule has 2 N–H and O–H groups in total. The van der Waals surface area contributed by atoms with Crippen molar-refractivity contribution in [1.82, 2.24) is 10.2 Å². The van der Waals surface area contributed by atoms with Crippen LogP contribution in [0.4, 0.5) is 0 Å². The Labute approximate surface area is 106 Å². The molecule has 2 rings (SSSR count). The van der Waals surface area contributed by atoms with Crippen molar-refractivity contribution in [2.75, 3.05) is 20.2 Å². The lowest BCUT2D eigenvalue weighted by Gasteiger charge is -2.34. The molecule has 0 spiro atoms. The molecule has 1 aliphatic carbocycles. The molecule has 0 aromatic heterocycles. The quantitative estimate of drug-likeness (QED) is 0.789. The normalized spacial score (nSPS) is 40.4. The number of likely N-dealkylation sites (N-methyl/N-ethyl adjacent to an activating group) is 1. The SMILES string of the molecule is CNC1(CO)CCC(N2CCCCCC2C)C1. The molecule has 2 aliphatic rings. The van der Waals surface area contributed by atoms with Crippen LogP contribution >= 0.6 is 0 Å². The number of likely N-dealkylation sites (tertiary alicyclic amines) is 1. The zero-order valence-electron chi connectivity index (χ0n) is 11.4. The third-order valence-electron chi connectivity index (χ3n) is 4.99. The Kier molecular flexibility index (Phi) is 4.45. The average molecular weight is 240 g/mol. The Hall–Kier alpha value is -0.120. The fourth-order valence-electron chi connectivity index (χ4n) is 3.67. The smallest absolute Gasteiger partial charge is 0.0613 e. The number of rotatable bonds is 3. The fraction of sp³-hybridized carbons (Fsp3) is 1.00. The van der Waals surface area contributed by atoms with E-state index in [-0.39, 0.29) is 12.1 Å². The van der Waals surface area contributed by atoms with E-state index < -0.39 is 0 Å². The van der Waals surface area contributed by atoms with Gasteiger partial charge in [-0.25, -0.2) is 0 Å². The lowest BCUT2D eigenvalue weighted by atomic mass is 9.98. The Morgan fingerprint density at radius 1 is 1.29 bits per heavy atom. The molecule has 17 heavy (non-hydrogen) atoms. The van der Waals surface area contributed by atoms with E-state index in [0.717, 1.165) is 18.9 Å². The lowest BCUT2D eigenvalue weighted by Crippen LogP contribution is -2.47. The van der Waals surface area contributed by atoms with Gasteiger partial charge >= 0.3 is 0 Å². The van der Waals surface area contributed by atoms with Gasteiger partial charge in [0.15, 0.2) is 0 Å². The van der Waals surface area contributed by atoms with E-state index >= 15 is 0 Å². The molecule has 1 saturated heterocycles. The Morgan fingerprint density at radius 3 is 2.76 bits per heavy atom. The summed E-state index contributed by atoms with van der Waals surface area (Å²) in [5, 5.41) is 12.9. The number of aliphatic hydroxyl groups excluding tert-OH is 1. The van der Waals surface area contributed by atoms with E-state index in [1.807, 2.05) is 7.05 Å². The van der Waals surface area contributed by atoms with Gasteiger partial charge in [0.05, 0.1) is 6.61 Å². The summed E-state index contributed by atoms with van der Waals surface area (Å²) < 4.78 is 0. The maximum Gasteiger partial charge on any atom is 0.0613 e. The van der Waals surface area contributed by atoms with Crippen molar-refractivity contribution in [3.63, 3.8) is 0 Å². The van der Waals surface area contributed by atoms with Gasteiger partial charge in [0.25, 0.3) is 0 Å². The summed E-state index contributed by atoms with van der Waals surface area (Å²) in [6, 6.07) is 1.41. The largest absolute Gasteiger partial charge is 0.394 e. The van der Waals surface area contributed by atoms with E-state index in [2.05, 4.69) is 17.1 Å². The van der Waals surface area contributed by atoms with E-state index in [9.17, 15) is 5.11 Å². The summed E-state index contributed by atoms with van der Waals surface area (Å²) in [4.78, 5) is 2.71. The molecule has 0 aromatic carbocycles. The predicted octanol–water partition coefficient (Wildman–Crippen LogP) is 1.75. The number of aliphatic hydroxyl groups is 1. The van der Waals surface area contributed by atoms with Crippen molar-refractivity contribution in [2.45, 2.75) is 69.5 Å². The van der Waals surface area contributed by atoms with Crippen LogP contribution in [0, 0.1) is 0 Å². The third-order valence-corrected chi connectivity index (χ3v) is 4.99. The molecule has 100 valence electrons. The fourth-order valence-corrected chi connectivity index (χ4v) is 3.67. The van der Waals surface area contributed by atoms with Gasteiger partial charge in [-0.05, 0) is 52.6 Å². The minimum Gasteiger partial charge on any atom is -0.394 e. The second-order valence-electron chi connectivity index (χ2n) is 6.02. The van der Waals surface area contributed by atoms with Gasteiger partial charge in [-0.15, -0.1) is 0 Å². The highest BCUT2D eigenvalue weighted by Gasteiger charge is 2.40. The van der Waals surface area contributed by atoms with Gasteiger partial charge in [-0.1, -0.05) is 12.8 Å². The number of hydrogen-bond acceptors (Lipinski definition) is 3. The minimum absolute atomic E-state index is 0.00328. The van der Waals surface area contributed by atoms with Crippen LogP contribution in [0.5, 0.6) is 0 Å². The average Bonchev–Trinajstić information content (AvgIpc) is 2.67. The van der Waals surface area contributed by atoms with Crippen LogP contribution in [-0.2, 0) is 0 Å². The molecule has 3 unspecified atom stereocenters. The first-order valence-electron chi connectivity index (χ1n) is 7.26. The van der Waals surface area contributed by atoms with Crippen LogP contribution < -0.4 is 5.32 Å². The van der Waals surface area contributed by atoms with Crippen molar-refractivity contribution in [2.24, 2.45) is 0 Å². The minimum atomic E-state index is -0.00328. The maximum absolute atomic E-state index is 9.57. The topological polar surface area (TPSA) is 35.5 Å². The summed E-state index contributed by atoms with van der Waals surface area (Å²) in [5.41, 5.74) is -0.00328. The van der Waals surface area contributed by atoms with Gasteiger partial charge in [-0.2, -0.15) is 0 Å². The molecule has 3 nitrogen and oxygen atoms in total. The highest BCUT2D eigenvalue weighted by molar-refractivity contribution is 4.99. The molecule has 1 heterocycles. The van der Waals surface area contributed by atoms with E-state index in [1.165, 1.54) is 38.6 Å². The summed E-state index contributed by atoms with van der Waals surface area (Å²) in [6.07, 6.45) is 8.96. The zero-order valence-corrected chi connectivity index (χ0v) is 11.4. The number of hydrogen-bond donors (Lipinski definition) is 2. The van der Waals surface area contributed by atoms with Crippen LogP contribution in [0.25, 0.3) is 0 Å². The van der Waals surface area contributed by atoms with Crippen LogP contribution in [-0.4, -0.2) is 47.8 Å². The molecule has 1 aliphatic heterocycles. The highest BCUT2D eigenvalue weighted by Crippen LogP contribution is 2.35. The van der Waals surface area contributed by atoms with Crippen LogP contribution in [0.15, 0.2) is 0 Å². The Bertz CT molecular complexity index is 240. The Balaban J connectivity index is 1.98. The zero-order chi connectivity index (χ0) is 12.3. The second kappa shape index (κ2) is 5.68. The summed E-state index contributed by atoms with van der Waals surface area (Å²) in [5.74, 6) is 0. The summed E-state index contributed by atoms with van der Waals surface area (Å²) in [6.45, 7) is 3.92. The van der Waals surface area contributed by atoms with Crippen LogP contribution in [0.2, 0.25) is 0 Å². The molecule has 2 fully saturated rings. The summed E-state index contributed by atoms with van der Waals surface area (Å²) in [7, 11) is 1.99. The lowest BCUT2D eigenvalue weighted by molar-refractivity contribution is 0.124. The monoisotopic (exact) mass is 240 g/mol. The van der Waals surface area contributed by atoms with Gasteiger partial charge in [-0.3, -0.25) is 4.90 Å².